The Morgan fingerprint density at radius 1 is 1.03 bits per heavy atom. The van der Waals surface area contributed by atoms with Gasteiger partial charge in [0, 0.05) is 54.0 Å². The van der Waals surface area contributed by atoms with Gasteiger partial charge in [-0.1, -0.05) is 18.2 Å². The first-order valence-corrected chi connectivity index (χ1v) is 14.0. The maximum atomic E-state index is 13.3. The molecule has 0 radical (unpaired) electrons. The highest BCUT2D eigenvalue weighted by molar-refractivity contribution is 14.1. The summed E-state index contributed by atoms with van der Waals surface area (Å²) in [7, 11) is 3.54. The highest BCUT2D eigenvalue weighted by Crippen LogP contribution is 2.50. The summed E-state index contributed by atoms with van der Waals surface area (Å²) in [6.07, 6.45) is 4.28. The smallest absolute Gasteiger partial charge is 0.262 e. The maximum absolute atomic E-state index is 13.3. The van der Waals surface area contributed by atoms with E-state index in [1.54, 1.807) is 7.11 Å². The lowest BCUT2D eigenvalue weighted by Crippen LogP contribution is -2.37. The maximum Gasteiger partial charge on any atom is 0.262 e. The molecule has 0 atom stereocenters. The molecule has 198 valence electrons. The van der Waals surface area contributed by atoms with Crippen LogP contribution < -0.4 is 14.8 Å². The van der Waals surface area contributed by atoms with Gasteiger partial charge < -0.3 is 19.7 Å². The van der Waals surface area contributed by atoms with Crippen LogP contribution in [0.5, 0.6) is 11.5 Å². The van der Waals surface area contributed by atoms with E-state index < -0.39 is 5.92 Å². The van der Waals surface area contributed by atoms with Crippen LogP contribution in [0.4, 0.5) is 5.69 Å². The fourth-order valence-electron chi connectivity index (χ4n) is 5.77. The molecule has 5 rings (SSSR count). The topological polar surface area (TPSA) is 84.9 Å². The number of nitrogens with one attached hydrogen (secondary N) is 1. The van der Waals surface area contributed by atoms with Gasteiger partial charge in [-0.25, -0.2) is 0 Å². The second kappa shape index (κ2) is 10.9. The number of benzene rings is 2. The van der Waals surface area contributed by atoms with Gasteiger partial charge in [-0.15, -0.1) is 0 Å². The number of allylic oxidation sites excluding steroid dienone is 4. The van der Waals surface area contributed by atoms with Crippen LogP contribution in [0.15, 0.2) is 58.9 Å². The Balaban J connectivity index is 1.48. The van der Waals surface area contributed by atoms with Gasteiger partial charge in [0.2, 0.25) is 0 Å². The van der Waals surface area contributed by atoms with Crippen LogP contribution in [0, 0.1) is 10.5 Å². The van der Waals surface area contributed by atoms with E-state index in [1.165, 1.54) is 0 Å². The van der Waals surface area contributed by atoms with E-state index in [4.69, 9.17) is 9.47 Å². The number of aryl methyl sites for hydroxylation is 1. The van der Waals surface area contributed by atoms with Crippen molar-refractivity contribution in [2.75, 3.05) is 26.1 Å². The number of hydrogen-bond acceptors (Lipinski definition) is 6. The Bertz CT molecular complexity index is 1350. The third-order valence-electron chi connectivity index (χ3n) is 7.60. The van der Waals surface area contributed by atoms with Crippen molar-refractivity contribution >= 4 is 45.8 Å². The minimum Gasteiger partial charge on any atom is -0.493 e. The summed E-state index contributed by atoms with van der Waals surface area (Å²) in [6.45, 7) is 1.75. The zero-order valence-electron chi connectivity index (χ0n) is 21.9. The van der Waals surface area contributed by atoms with Gasteiger partial charge in [0.15, 0.2) is 29.7 Å². The minimum atomic E-state index is -0.419. The van der Waals surface area contributed by atoms with Gasteiger partial charge >= 0.3 is 0 Å². The highest BCUT2D eigenvalue weighted by Gasteiger charge is 2.42. The average molecular weight is 626 g/mol. The Kier molecular flexibility index (Phi) is 7.61. The molecule has 3 aliphatic rings. The number of ether oxygens (including phenoxy) is 2. The summed E-state index contributed by atoms with van der Waals surface area (Å²) in [5.74, 6) is 0.438. The van der Waals surface area contributed by atoms with Crippen LogP contribution >= 0.6 is 22.6 Å². The third-order valence-corrected chi connectivity index (χ3v) is 8.40. The van der Waals surface area contributed by atoms with Crippen molar-refractivity contribution in [1.29, 1.82) is 0 Å². The first-order chi connectivity index (χ1) is 18.3. The van der Waals surface area contributed by atoms with E-state index in [0.717, 1.165) is 68.6 Å². The summed E-state index contributed by atoms with van der Waals surface area (Å²) in [5.41, 5.74) is 6.06. The van der Waals surface area contributed by atoms with E-state index in [1.807, 2.05) is 50.4 Å². The molecule has 8 heteroatoms. The number of rotatable bonds is 6. The zero-order valence-corrected chi connectivity index (χ0v) is 24.0. The summed E-state index contributed by atoms with van der Waals surface area (Å²) in [4.78, 5) is 41.3. The number of anilines is 1. The molecule has 0 spiro atoms. The molecule has 2 aliphatic carbocycles. The van der Waals surface area contributed by atoms with Crippen molar-refractivity contribution in [1.82, 2.24) is 4.90 Å². The number of Topliss-reactive ketones (excluding diaryl/α,β-unsaturated/α-hetero) is 2. The number of carbonyl (C=O) groups excluding carboxylic acids is 3. The second-order valence-electron chi connectivity index (χ2n) is 9.95. The standard InChI is InChI=1S/C30H31IN2O5/c1-17-8-4-5-9-20(17)32-26(36)16-38-30-19(31)14-18(15-25(30)37-3)27-28-21(10-6-12-23(28)34)33(2)22-11-7-13-24(35)29(22)27/h4-5,8-9,14-15,27H,6-7,10-13,16H2,1-3H3,(H,32,36). The molecule has 0 unspecified atom stereocenters. The quantitative estimate of drug-likeness (QED) is 0.417. The normalized spacial score (nSPS) is 17.8. The molecule has 0 fully saturated rings. The summed E-state index contributed by atoms with van der Waals surface area (Å²) in [6, 6.07) is 11.4. The molecular formula is C30H31IN2O5. The lowest BCUT2D eigenvalue weighted by atomic mass is 9.71. The van der Waals surface area contributed by atoms with Crippen molar-refractivity contribution in [2.45, 2.75) is 51.4 Å². The van der Waals surface area contributed by atoms with Gasteiger partial charge in [-0.05, 0) is 84.5 Å². The van der Waals surface area contributed by atoms with Crippen molar-refractivity contribution in [3.05, 3.63) is 73.6 Å². The molecule has 1 amide bonds. The van der Waals surface area contributed by atoms with Gasteiger partial charge in [0.1, 0.15) is 0 Å². The van der Waals surface area contributed by atoms with E-state index in [0.29, 0.717) is 24.3 Å². The van der Waals surface area contributed by atoms with Crippen LogP contribution in [-0.2, 0) is 14.4 Å². The van der Waals surface area contributed by atoms with Gasteiger partial charge in [-0.3, -0.25) is 14.4 Å². The number of halogens is 1. The van der Waals surface area contributed by atoms with Gasteiger partial charge in [0.25, 0.3) is 5.91 Å². The van der Waals surface area contributed by atoms with E-state index in [2.05, 4.69) is 32.8 Å². The molecule has 1 aliphatic heterocycles. The van der Waals surface area contributed by atoms with Crippen molar-refractivity contribution < 1.29 is 23.9 Å². The highest BCUT2D eigenvalue weighted by atomic mass is 127. The number of amides is 1. The first-order valence-electron chi connectivity index (χ1n) is 12.9. The van der Waals surface area contributed by atoms with Crippen LogP contribution in [0.25, 0.3) is 0 Å². The second-order valence-corrected chi connectivity index (χ2v) is 11.1. The monoisotopic (exact) mass is 626 g/mol. The molecule has 1 heterocycles. The van der Waals surface area contributed by atoms with Crippen LogP contribution in [-0.4, -0.2) is 43.1 Å². The molecule has 2 aromatic rings. The number of hydrogen-bond donors (Lipinski definition) is 1. The summed E-state index contributed by atoms with van der Waals surface area (Å²) >= 11 is 2.17. The first kappa shape index (κ1) is 26.5. The number of methoxy groups -OCH3 is 1. The molecule has 38 heavy (non-hydrogen) atoms. The molecule has 7 nitrogen and oxygen atoms in total. The van der Waals surface area contributed by atoms with E-state index >= 15 is 0 Å². The Hall–Kier alpha value is -3.14. The zero-order chi connectivity index (χ0) is 27.0. The molecule has 2 aromatic carbocycles. The lowest BCUT2D eigenvalue weighted by molar-refractivity contribution is -0.118. The van der Waals surface area contributed by atoms with E-state index in [-0.39, 0.29) is 24.1 Å². The predicted molar refractivity (Wildman–Crippen MR) is 153 cm³/mol. The number of carbonyl (C=O) groups is 3. The largest absolute Gasteiger partial charge is 0.493 e. The van der Waals surface area contributed by atoms with Crippen molar-refractivity contribution in [3.63, 3.8) is 0 Å². The summed E-state index contributed by atoms with van der Waals surface area (Å²) < 4.78 is 12.4. The number of ketones is 2. The predicted octanol–water partition coefficient (Wildman–Crippen LogP) is 5.67. The molecule has 0 bridgehead atoms. The van der Waals surface area contributed by atoms with Gasteiger partial charge in [-0.2, -0.15) is 0 Å². The van der Waals surface area contributed by atoms with E-state index in [9.17, 15) is 14.4 Å². The number of para-hydroxylation sites is 1. The minimum absolute atomic E-state index is 0.107. The van der Waals surface area contributed by atoms with Crippen molar-refractivity contribution in [3.8, 4) is 11.5 Å². The molecular weight excluding hydrogens is 595 g/mol. The summed E-state index contributed by atoms with van der Waals surface area (Å²) in [5, 5.41) is 2.88. The van der Waals surface area contributed by atoms with Crippen LogP contribution in [0.1, 0.15) is 55.6 Å². The molecule has 0 saturated carbocycles. The Morgan fingerprint density at radius 3 is 2.26 bits per heavy atom. The fraction of sp³-hybridized carbons (Fsp3) is 0.367. The Morgan fingerprint density at radius 2 is 1.66 bits per heavy atom. The van der Waals surface area contributed by atoms with Gasteiger partial charge in [0.05, 0.1) is 10.7 Å². The van der Waals surface area contributed by atoms with Crippen molar-refractivity contribution in [2.24, 2.45) is 0 Å². The van der Waals surface area contributed by atoms with Crippen LogP contribution in [0.3, 0.4) is 0 Å². The lowest BCUT2D eigenvalue weighted by Gasteiger charge is -2.42. The average Bonchev–Trinajstić information content (AvgIpc) is 2.90. The fourth-order valence-corrected chi connectivity index (χ4v) is 6.55. The van der Waals surface area contributed by atoms with Crippen LogP contribution in [0.2, 0.25) is 0 Å². The third kappa shape index (κ3) is 4.86. The SMILES string of the molecule is COc1cc(C2C3=C(CCCC3=O)N(C)C3=C2C(=O)CCC3)cc(I)c1OCC(=O)Nc1ccccc1C. The molecule has 0 aromatic heterocycles. The number of nitrogens with zero attached hydrogens (tertiary/aromatic N) is 1. The molecule has 0 saturated heterocycles. The Labute approximate surface area is 236 Å². The molecule has 1 N–H and O–H groups in total.